The van der Waals surface area contributed by atoms with E-state index in [4.69, 9.17) is 0 Å². The maximum Gasteiger partial charge on any atom is 0.146 e. The van der Waals surface area contributed by atoms with E-state index in [2.05, 4.69) is 21.2 Å². The van der Waals surface area contributed by atoms with Crippen molar-refractivity contribution in [1.29, 1.82) is 0 Å². The maximum absolute atomic E-state index is 13.6. The van der Waals surface area contributed by atoms with Crippen LogP contribution in [0.25, 0.3) is 0 Å². The number of halogens is 2. The molecule has 0 radical (unpaired) electrons. The van der Waals surface area contributed by atoms with Gasteiger partial charge in [-0.1, -0.05) is 40.2 Å². The second-order valence-electron chi connectivity index (χ2n) is 4.37. The third-order valence-electron chi connectivity index (χ3n) is 2.97. The zero-order valence-corrected chi connectivity index (χ0v) is 12.1. The third-order valence-corrected chi connectivity index (χ3v) is 3.86. The molecule has 100 valence electrons. The van der Waals surface area contributed by atoms with E-state index >= 15 is 0 Å². The van der Waals surface area contributed by atoms with Gasteiger partial charge in [-0.15, -0.1) is 0 Å². The minimum atomic E-state index is -0.330. The molecule has 1 atom stereocenters. The fraction of sp³-hybridized carbons (Fsp3) is 0.200. The molecule has 4 heteroatoms. The van der Waals surface area contributed by atoms with Crippen LogP contribution in [0.15, 0.2) is 46.9 Å². The first-order valence-corrected chi connectivity index (χ1v) is 6.79. The summed E-state index contributed by atoms with van der Waals surface area (Å²) < 4.78 is 14.6. The van der Waals surface area contributed by atoms with Gasteiger partial charge in [0, 0.05) is 4.47 Å². The lowest BCUT2D eigenvalue weighted by atomic mass is 10.0. The number of nitrogens with one attached hydrogen (secondary N) is 1. The summed E-state index contributed by atoms with van der Waals surface area (Å²) >= 11 is 3.44. The number of aliphatic hydroxyl groups is 1. The van der Waals surface area contributed by atoms with Crippen LogP contribution in [-0.2, 0) is 0 Å². The zero-order chi connectivity index (χ0) is 13.8. The van der Waals surface area contributed by atoms with E-state index in [-0.39, 0.29) is 18.5 Å². The Morgan fingerprint density at radius 3 is 2.63 bits per heavy atom. The van der Waals surface area contributed by atoms with Crippen molar-refractivity contribution in [2.45, 2.75) is 13.0 Å². The van der Waals surface area contributed by atoms with Crippen LogP contribution in [0.1, 0.15) is 17.2 Å². The van der Waals surface area contributed by atoms with Crippen LogP contribution in [0.5, 0.6) is 0 Å². The first-order valence-electron chi connectivity index (χ1n) is 6.00. The number of aliphatic hydroxyl groups excluding tert-OH is 1. The van der Waals surface area contributed by atoms with Crippen molar-refractivity contribution in [2.24, 2.45) is 0 Å². The molecule has 2 N–H and O–H groups in total. The van der Waals surface area contributed by atoms with Crippen molar-refractivity contribution in [1.82, 2.24) is 0 Å². The molecule has 0 bridgehead atoms. The Bertz CT molecular complexity index is 574. The highest BCUT2D eigenvalue weighted by Crippen LogP contribution is 2.25. The smallest absolute Gasteiger partial charge is 0.146 e. The summed E-state index contributed by atoms with van der Waals surface area (Å²) in [6.07, 6.45) is 0. The molecule has 2 aromatic rings. The molecule has 1 unspecified atom stereocenters. The Morgan fingerprint density at radius 1 is 1.26 bits per heavy atom. The topological polar surface area (TPSA) is 32.3 Å². The average Bonchev–Trinajstić information content (AvgIpc) is 2.41. The summed E-state index contributed by atoms with van der Waals surface area (Å²) in [6.45, 7) is 1.88. The third kappa shape index (κ3) is 3.33. The van der Waals surface area contributed by atoms with Gasteiger partial charge in [-0.2, -0.15) is 0 Å². The lowest BCUT2D eigenvalue weighted by Crippen LogP contribution is -2.15. The lowest BCUT2D eigenvalue weighted by Gasteiger charge is -2.19. The van der Waals surface area contributed by atoms with E-state index in [0.717, 1.165) is 15.6 Å². The van der Waals surface area contributed by atoms with Crippen LogP contribution in [0, 0.1) is 12.7 Å². The Kier molecular flexibility index (Phi) is 4.56. The fourth-order valence-corrected chi connectivity index (χ4v) is 2.13. The van der Waals surface area contributed by atoms with Crippen molar-refractivity contribution in [3.8, 4) is 0 Å². The predicted octanol–water partition coefficient (Wildman–Crippen LogP) is 4.04. The van der Waals surface area contributed by atoms with E-state index in [1.54, 1.807) is 18.2 Å². The average molecular weight is 324 g/mol. The summed E-state index contributed by atoms with van der Waals surface area (Å²) in [5.74, 6) is -0.324. The molecule has 0 aliphatic heterocycles. The summed E-state index contributed by atoms with van der Waals surface area (Å²) in [5, 5.41) is 12.5. The van der Waals surface area contributed by atoms with Gasteiger partial charge in [-0.05, 0) is 36.2 Å². The molecule has 2 nitrogen and oxygen atoms in total. The predicted molar refractivity (Wildman–Crippen MR) is 78.7 cm³/mol. The molecule has 2 aromatic carbocycles. The van der Waals surface area contributed by atoms with Crippen LogP contribution >= 0.6 is 15.9 Å². The van der Waals surface area contributed by atoms with Gasteiger partial charge in [0.25, 0.3) is 0 Å². The number of rotatable bonds is 4. The van der Waals surface area contributed by atoms with Gasteiger partial charge in [-0.25, -0.2) is 4.39 Å². The second kappa shape index (κ2) is 6.17. The highest BCUT2D eigenvalue weighted by molar-refractivity contribution is 9.10. The van der Waals surface area contributed by atoms with E-state index in [9.17, 15) is 9.50 Å². The quantitative estimate of drug-likeness (QED) is 0.889. The molecule has 0 saturated heterocycles. The monoisotopic (exact) mass is 323 g/mol. The fourth-order valence-electron chi connectivity index (χ4n) is 1.88. The Balaban J connectivity index is 2.25. The summed E-state index contributed by atoms with van der Waals surface area (Å²) in [4.78, 5) is 0. The first kappa shape index (κ1) is 14.0. The van der Waals surface area contributed by atoms with Gasteiger partial charge in [0.2, 0.25) is 0 Å². The minimum Gasteiger partial charge on any atom is -0.394 e. The molecular formula is C15H15BrFNO. The zero-order valence-electron chi connectivity index (χ0n) is 10.5. The highest BCUT2D eigenvalue weighted by atomic mass is 79.9. The largest absolute Gasteiger partial charge is 0.394 e. The van der Waals surface area contributed by atoms with E-state index < -0.39 is 0 Å². The lowest BCUT2D eigenvalue weighted by molar-refractivity contribution is 0.276. The SMILES string of the molecule is Cc1cc(C(CO)Nc2ccccc2F)ccc1Br. The summed E-state index contributed by atoms with van der Waals surface area (Å²) in [7, 11) is 0. The number of anilines is 1. The van der Waals surface area contributed by atoms with Crippen LogP contribution in [-0.4, -0.2) is 11.7 Å². The van der Waals surface area contributed by atoms with Gasteiger partial charge >= 0.3 is 0 Å². The number of hydrogen-bond acceptors (Lipinski definition) is 2. The maximum atomic E-state index is 13.6. The number of para-hydroxylation sites is 1. The molecule has 0 heterocycles. The van der Waals surface area contributed by atoms with Gasteiger partial charge in [0.15, 0.2) is 0 Å². The molecule has 19 heavy (non-hydrogen) atoms. The molecule has 0 aliphatic rings. The van der Waals surface area contributed by atoms with E-state index in [1.165, 1.54) is 6.07 Å². The van der Waals surface area contributed by atoms with Gasteiger partial charge in [-0.3, -0.25) is 0 Å². The minimum absolute atomic E-state index is 0.102. The highest BCUT2D eigenvalue weighted by Gasteiger charge is 2.13. The van der Waals surface area contributed by atoms with Gasteiger partial charge < -0.3 is 10.4 Å². The van der Waals surface area contributed by atoms with Crippen molar-refractivity contribution < 1.29 is 9.50 Å². The standard InChI is InChI=1S/C15H15BrFNO/c1-10-8-11(6-7-12(10)16)15(9-19)18-14-5-3-2-4-13(14)17/h2-8,15,18-19H,9H2,1H3. The van der Waals surface area contributed by atoms with Gasteiger partial charge in [0.1, 0.15) is 5.82 Å². The molecule has 0 aromatic heterocycles. The van der Waals surface area contributed by atoms with Crippen LogP contribution in [0.3, 0.4) is 0 Å². The van der Waals surface area contributed by atoms with Crippen molar-refractivity contribution in [3.63, 3.8) is 0 Å². The summed E-state index contributed by atoms with van der Waals surface area (Å²) in [6, 6.07) is 11.9. The number of aryl methyl sites for hydroxylation is 1. The number of benzene rings is 2. The second-order valence-corrected chi connectivity index (χ2v) is 5.22. The number of hydrogen-bond donors (Lipinski definition) is 2. The summed E-state index contributed by atoms with van der Waals surface area (Å²) in [5.41, 5.74) is 2.39. The molecule has 0 spiro atoms. The van der Waals surface area contributed by atoms with Crippen molar-refractivity contribution in [3.05, 3.63) is 63.9 Å². The van der Waals surface area contributed by atoms with E-state index in [0.29, 0.717) is 5.69 Å². The van der Waals surface area contributed by atoms with E-state index in [1.807, 2.05) is 25.1 Å². The van der Waals surface area contributed by atoms with Crippen LogP contribution in [0.4, 0.5) is 10.1 Å². The Labute approximate surface area is 120 Å². The first-order chi connectivity index (χ1) is 9.11. The van der Waals surface area contributed by atoms with Crippen molar-refractivity contribution in [2.75, 3.05) is 11.9 Å². The van der Waals surface area contributed by atoms with Crippen LogP contribution in [0.2, 0.25) is 0 Å². The molecule has 2 rings (SSSR count). The molecular weight excluding hydrogens is 309 g/mol. The van der Waals surface area contributed by atoms with Crippen molar-refractivity contribution >= 4 is 21.6 Å². The molecule has 0 fully saturated rings. The van der Waals surface area contributed by atoms with Gasteiger partial charge in [0.05, 0.1) is 18.3 Å². The Morgan fingerprint density at radius 2 is 2.00 bits per heavy atom. The Hall–Kier alpha value is -1.39. The molecule has 0 saturated carbocycles. The normalized spacial score (nSPS) is 12.2. The molecule has 0 aliphatic carbocycles. The molecule has 0 amide bonds. The van der Waals surface area contributed by atoms with Crippen LogP contribution < -0.4 is 5.32 Å².